The van der Waals surface area contributed by atoms with Crippen LogP contribution in [0, 0.1) is 0 Å². The third kappa shape index (κ3) is 3.17. The number of rotatable bonds is 3. The Balaban J connectivity index is 1.88. The Hall–Kier alpha value is -2.47. The Kier molecular flexibility index (Phi) is 3.79. The van der Waals surface area contributed by atoms with Gasteiger partial charge in [0.05, 0.1) is 18.1 Å². The van der Waals surface area contributed by atoms with Gasteiger partial charge < -0.3 is 9.52 Å². The Bertz CT molecular complexity index is 767. The van der Waals surface area contributed by atoms with Gasteiger partial charge in [0, 0.05) is 16.2 Å². The number of oxazole rings is 1. The number of nitrogens with zero attached hydrogens (tertiary/aromatic N) is 3. The van der Waals surface area contributed by atoms with E-state index in [0.29, 0.717) is 11.6 Å². The van der Waals surface area contributed by atoms with Crippen LogP contribution in [0.4, 0.5) is 5.69 Å². The normalized spacial score (nSPS) is 11.1. The number of hydrogen-bond acceptors (Lipinski definition) is 5. The van der Waals surface area contributed by atoms with Gasteiger partial charge in [-0.2, -0.15) is 0 Å². The Morgan fingerprint density at radius 1 is 1.19 bits per heavy atom. The second kappa shape index (κ2) is 5.88. The van der Waals surface area contributed by atoms with Crippen molar-refractivity contribution in [2.24, 2.45) is 4.99 Å². The molecule has 1 aromatic carbocycles. The van der Waals surface area contributed by atoms with E-state index in [1.807, 2.05) is 24.3 Å². The molecule has 2 aromatic heterocycles. The topological polar surface area (TPSA) is 71.5 Å². The van der Waals surface area contributed by atoms with Crippen LogP contribution in [0.5, 0.6) is 5.95 Å². The summed E-state index contributed by atoms with van der Waals surface area (Å²) in [6.45, 7) is 0. The summed E-state index contributed by atoms with van der Waals surface area (Å²) in [6, 6.07) is 11.0. The maximum atomic E-state index is 9.78. The number of halogens is 1. The van der Waals surface area contributed by atoms with Gasteiger partial charge in [-0.3, -0.25) is 9.98 Å². The molecule has 0 bridgehead atoms. The van der Waals surface area contributed by atoms with Crippen LogP contribution < -0.4 is 0 Å². The molecule has 104 valence electrons. The van der Waals surface area contributed by atoms with Crippen molar-refractivity contribution < 1.29 is 9.52 Å². The lowest BCUT2D eigenvalue weighted by atomic mass is 10.2. The number of aromatic nitrogens is 2. The third-order valence-electron chi connectivity index (χ3n) is 2.71. The summed E-state index contributed by atoms with van der Waals surface area (Å²) in [7, 11) is 0. The van der Waals surface area contributed by atoms with Crippen molar-refractivity contribution in [2.45, 2.75) is 0 Å². The lowest BCUT2D eigenvalue weighted by molar-refractivity contribution is 0.337. The molecule has 3 rings (SSSR count). The molecule has 6 heteroatoms. The third-order valence-corrected chi connectivity index (χ3v) is 3.24. The largest absolute Gasteiger partial charge is 0.479 e. The fraction of sp³-hybridized carbons (Fsp3) is 0. The van der Waals surface area contributed by atoms with Crippen molar-refractivity contribution in [2.75, 3.05) is 0 Å². The van der Waals surface area contributed by atoms with Crippen LogP contribution in [0.2, 0.25) is 0 Å². The second-order valence-electron chi connectivity index (χ2n) is 4.19. The van der Waals surface area contributed by atoms with Gasteiger partial charge in [-0.25, -0.2) is 4.98 Å². The zero-order chi connectivity index (χ0) is 14.7. The van der Waals surface area contributed by atoms with Crippen molar-refractivity contribution in [1.82, 2.24) is 9.97 Å². The highest BCUT2D eigenvalue weighted by molar-refractivity contribution is 9.10. The van der Waals surface area contributed by atoms with Crippen LogP contribution >= 0.6 is 15.9 Å². The summed E-state index contributed by atoms with van der Waals surface area (Å²) in [6.07, 6.45) is 4.72. The van der Waals surface area contributed by atoms with Crippen LogP contribution in [0.25, 0.3) is 11.5 Å². The van der Waals surface area contributed by atoms with Gasteiger partial charge in [-0.15, -0.1) is 0 Å². The van der Waals surface area contributed by atoms with Gasteiger partial charge in [0.15, 0.2) is 5.69 Å². The first-order chi connectivity index (χ1) is 10.2. The maximum absolute atomic E-state index is 9.78. The molecular formula is C15H10BrN3O2. The fourth-order valence-electron chi connectivity index (χ4n) is 1.69. The van der Waals surface area contributed by atoms with Crippen molar-refractivity contribution in [3.05, 3.63) is 59.0 Å². The molecule has 5 nitrogen and oxygen atoms in total. The van der Waals surface area contributed by atoms with E-state index in [1.54, 1.807) is 24.5 Å². The molecule has 0 atom stereocenters. The van der Waals surface area contributed by atoms with Gasteiger partial charge in [0.2, 0.25) is 5.89 Å². The number of aliphatic imine (C=N–C) groups is 1. The van der Waals surface area contributed by atoms with E-state index in [4.69, 9.17) is 4.42 Å². The maximum Gasteiger partial charge on any atom is 0.312 e. The highest BCUT2D eigenvalue weighted by atomic mass is 79.9. The molecule has 21 heavy (non-hydrogen) atoms. The molecule has 0 aliphatic rings. The van der Waals surface area contributed by atoms with E-state index >= 15 is 0 Å². The molecule has 0 amide bonds. The van der Waals surface area contributed by atoms with E-state index in [-0.39, 0.29) is 11.6 Å². The first-order valence-electron chi connectivity index (χ1n) is 6.12. The molecule has 0 radical (unpaired) electrons. The molecular weight excluding hydrogens is 334 g/mol. The van der Waals surface area contributed by atoms with Crippen LogP contribution in [-0.4, -0.2) is 21.3 Å². The number of pyridine rings is 1. The molecule has 0 saturated carbocycles. The van der Waals surface area contributed by atoms with E-state index in [1.165, 1.54) is 6.21 Å². The summed E-state index contributed by atoms with van der Waals surface area (Å²) in [5.41, 5.74) is 1.72. The van der Waals surface area contributed by atoms with Crippen molar-refractivity contribution in [1.29, 1.82) is 0 Å². The lowest BCUT2D eigenvalue weighted by Gasteiger charge is -1.94. The molecule has 1 N–H and O–H groups in total. The first-order valence-corrected chi connectivity index (χ1v) is 6.91. The summed E-state index contributed by atoms with van der Waals surface area (Å²) in [4.78, 5) is 12.4. The highest BCUT2D eigenvalue weighted by Crippen LogP contribution is 2.26. The van der Waals surface area contributed by atoms with Crippen molar-refractivity contribution in [3.63, 3.8) is 0 Å². The summed E-state index contributed by atoms with van der Waals surface area (Å²) >= 11 is 3.36. The number of aromatic hydroxyl groups is 1. The van der Waals surface area contributed by atoms with Crippen LogP contribution in [0.15, 0.2) is 62.7 Å². The SMILES string of the molecule is Oc1oc(-c2ccc(Br)cc2)nc1C=Nc1cccnc1. The predicted molar refractivity (Wildman–Crippen MR) is 82.8 cm³/mol. The van der Waals surface area contributed by atoms with E-state index in [0.717, 1.165) is 10.0 Å². The van der Waals surface area contributed by atoms with Gasteiger partial charge in [0.1, 0.15) is 0 Å². The zero-order valence-electron chi connectivity index (χ0n) is 10.8. The minimum atomic E-state index is -0.263. The predicted octanol–water partition coefficient (Wildman–Crippen LogP) is 3.96. The van der Waals surface area contributed by atoms with Crippen LogP contribution in [-0.2, 0) is 0 Å². The molecule has 3 aromatic rings. The smallest absolute Gasteiger partial charge is 0.312 e. The Labute approximate surface area is 129 Å². The lowest BCUT2D eigenvalue weighted by Crippen LogP contribution is -1.83. The summed E-state index contributed by atoms with van der Waals surface area (Å²) in [5, 5.41) is 9.78. The second-order valence-corrected chi connectivity index (χ2v) is 5.10. The van der Waals surface area contributed by atoms with Crippen LogP contribution in [0.1, 0.15) is 5.69 Å². The molecule has 0 saturated heterocycles. The molecule has 0 unspecified atom stereocenters. The average Bonchev–Trinajstić information content (AvgIpc) is 2.88. The Morgan fingerprint density at radius 2 is 2.00 bits per heavy atom. The van der Waals surface area contributed by atoms with Gasteiger partial charge in [-0.05, 0) is 36.4 Å². The van der Waals surface area contributed by atoms with Gasteiger partial charge in [-0.1, -0.05) is 15.9 Å². The summed E-state index contributed by atoms with van der Waals surface area (Å²) in [5.74, 6) is 0.0770. The molecule has 0 aliphatic carbocycles. The van der Waals surface area contributed by atoms with E-state index in [2.05, 4.69) is 30.9 Å². The fourth-order valence-corrected chi connectivity index (χ4v) is 1.95. The zero-order valence-corrected chi connectivity index (χ0v) is 12.4. The molecule has 0 fully saturated rings. The molecule has 0 aliphatic heterocycles. The van der Waals surface area contributed by atoms with E-state index < -0.39 is 0 Å². The van der Waals surface area contributed by atoms with Gasteiger partial charge in [0.25, 0.3) is 0 Å². The van der Waals surface area contributed by atoms with Crippen LogP contribution in [0.3, 0.4) is 0 Å². The van der Waals surface area contributed by atoms with Crippen molar-refractivity contribution >= 4 is 27.8 Å². The summed E-state index contributed by atoms with van der Waals surface area (Å²) < 4.78 is 6.21. The van der Waals surface area contributed by atoms with Gasteiger partial charge >= 0.3 is 5.95 Å². The molecule has 2 heterocycles. The quantitative estimate of drug-likeness (QED) is 0.730. The van der Waals surface area contributed by atoms with E-state index in [9.17, 15) is 5.11 Å². The molecule has 0 spiro atoms. The number of benzene rings is 1. The highest BCUT2D eigenvalue weighted by Gasteiger charge is 2.12. The standard InChI is InChI=1S/C15H10BrN3O2/c16-11-5-3-10(4-6-11)14-19-13(15(20)21-14)9-18-12-2-1-7-17-8-12/h1-9,20H. The first kappa shape index (κ1) is 13.5. The Morgan fingerprint density at radius 3 is 2.71 bits per heavy atom. The average molecular weight is 344 g/mol. The van der Waals surface area contributed by atoms with Crippen molar-refractivity contribution in [3.8, 4) is 17.4 Å². The number of hydrogen-bond donors (Lipinski definition) is 1. The monoisotopic (exact) mass is 343 g/mol. The minimum absolute atomic E-state index is 0.263. The minimum Gasteiger partial charge on any atom is -0.479 e.